The van der Waals surface area contributed by atoms with Crippen LogP contribution in [0.1, 0.15) is 51.4 Å². The molecule has 4 fully saturated rings. The van der Waals surface area contributed by atoms with Crippen molar-refractivity contribution in [3.63, 3.8) is 0 Å². The molecule has 0 aliphatic heterocycles. The molecule has 4 aliphatic carbocycles. The van der Waals surface area contributed by atoms with Crippen molar-refractivity contribution in [3.8, 4) is 0 Å². The Hall–Kier alpha value is -0.120. The molecule has 0 amide bonds. The Balaban J connectivity index is 1.66. The third-order valence-corrected chi connectivity index (χ3v) is 7.00. The molecule has 0 heterocycles. The van der Waals surface area contributed by atoms with Gasteiger partial charge in [0.25, 0.3) is 0 Å². The summed E-state index contributed by atoms with van der Waals surface area (Å²) in [5.74, 6) is 2.97. The maximum Gasteiger partial charge on any atom is 0.127 e. The van der Waals surface area contributed by atoms with Crippen LogP contribution in [0.15, 0.2) is 0 Å². The summed E-state index contributed by atoms with van der Waals surface area (Å²) < 4.78 is 7.00. The van der Waals surface area contributed by atoms with E-state index in [9.17, 15) is 0 Å². The summed E-state index contributed by atoms with van der Waals surface area (Å²) in [6.07, 6.45) is 10.9. The highest BCUT2D eigenvalue weighted by atomic mass is 16.6. The Morgan fingerprint density at radius 3 is 1.11 bits per heavy atom. The first-order valence-corrected chi connectivity index (χ1v) is 8.33. The maximum absolute atomic E-state index is 7.00. The van der Waals surface area contributed by atoms with Gasteiger partial charge in [0.05, 0.1) is 0 Å². The van der Waals surface area contributed by atoms with Crippen LogP contribution in [0, 0.1) is 23.7 Å². The SMILES string of the molecule is CNC1(OC2(NC)C3CCC2CC3)C2CCC1CC2. The molecular weight excluding hydrogens is 236 g/mol. The van der Waals surface area contributed by atoms with E-state index in [1.54, 1.807) is 0 Å². The highest BCUT2D eigenvalue weighted by Gasteiger charge is 2.63. The summed E-state index contributed by atoms with van der Waals surface area (Å²) in [4.78, 5) is 0. The van der Waals surface area contributed by atoms with E-state index >= 15 is 0 Å². The molecule has 0 unspecified atom stereocenters. The first-order chi connectivity index (χ1) is 9.25. The summed E-state index contributed by atoms with van der Waals surface area (Å²) in [6, 6.07) is 0. The van der Waals surface area contributed by atoms with Crippen LogP contribution in [0.2, 0.25) is 0 Å². The lowest BCUT2D eigenvalue weighted by molar-refractivity contribution is -0.223. The Kier molecular flexibility index (Phi) is 2.78. The van der Waals surface area contributed by atoms with Gasteiger partial charge in [0, 0.05) is 23.7 Å². The highest BCUT2D eigenvalue weighted by molar-refractivity contribution is 5.09. The van der Waals surface area contributed by atoms with Crippen molar-refractivity contribution in [1.29, 1.82) is 0 Å². The van der Waals surface area contributed by atoms with Crippen molar-refractivity contribution < 1.29 is 4.74 Å². The summed E-state index contributed by atoms with van der Waals surface area (Å²) >= 11 is 0. The fourth-order valence-electron chi connectivity index (χ4n) is 6.10. The Bertz CT molecular complexity index is 296. The Morgan fingerprint density at radius 1 is 0.632 bits per heavy atom. The fourth-order valence-corrected chi connectivity index (χ4v) is 6.10. The predicted octanol–water partition coefficient (Wildman–Crippen LogP) is 2.47. The van der Waals surface area contributed by atoms with Gasteiger partial charge >= 0.3 is 0 Å². The van der Waals surface area contributed by atoms with Gasteiger partial charge in [-0.15, -0.1) is 0 Å². The molecule has 0 radical (unpaired) electrons. The van der Waals surface area contributed by atoms with Gasteiger partial charge in [-0.1, -0.05) is 0 Å². The number of nitrogens with one attached hydrogen (secondary N) is 2. The minimum absolute atomic E-state index is 0.0197. The zero-order valence-corrected chi connectivity index (χ0v) is 12.4. The first-order valence-electron chi connectivity index (χ1n) is 8.33. The Morgan fingerprint density at radius 2 is 0.895 bits per heavy atom. The van der Waals surface area contributed by atoms with Crippen molar-refractivity contribution >= 4 is 0 Å². The standard InChI is InChI=1S/C16H28N2O/c1-17-15(11-3-4-12(15)6-5-11)19-16(18-2)13-7-8-14(16)10-9-13/h11-14,17-18H,3-10H2,1-2H3. The monoisotopic (exact) mass is 264 g/mol. The van der Waals surface area contributed by atoms with E-state index in [2.05, 4.69) is 24.7 Å². The summed E-state index contributed by atoms with van der Waals surface area (Å²) in [5, 5.41) is 7.26. The molecule has 4 bridgehead atoms. The summed E-state index contributed by atoms with van der Waals surface area (Å²) in [7, 11) is 4.24. The van der Waals surface area contributed by atoms with Crippen molar-refractivity contribution in [1.82, 2.24) is 10.6 Å². The second-order valence-electron chi connectivity index (χ2n) is 7.29. The summed E-state index contributed by atoms with van der Waals surface area (Å²) in [6.45, 7) is 0. The molecule has 4 saturated carbocycles. The van der Waals surface area contributed by atoms with Gasteiger partial charge in [0.2, 0.25) is 0 Å². The predicted molar refractivity (Wildman–Crippen MR) is 75.6 cm³/mol. The molecule has 0 aromatic rings. The smallest absolute Gasteiger partial charge is 0.127 e. The van der Waals surface area contributed by atoms with E-state index < -0.39 is 0 Å². The van der Waals surface area contributed by atoms with Gasteiger partial charge in [0.15, 0.2) is 0 Å². The minimum atomic E-state index is -0.0197. The van der Waals surface area contributed by atoms with Crippen molar-refractivity contribution in [2.75, 3.05) is 14.1 Å². The van der Waals surface area contributed by atoms with Gasteiger partial charge in [0.1, 0.15) is 11.4 Å². The van der Waals surface area contributed by atoms with E-state index in [1.807, 2.05) is 0 Å². The second-order valence-corrected chi connectivity index (χ2v) is 7.29. The molecule has 19 heavy (non-hydrogen) atoms. The lowest BCUT2D eigenvalue weighted by Gasteiger charge is -2.45. The number of rotatable bonds is 4. The number of ether oxygens (including phenoxy) is 1. The number of hydrogen-bond donors (Lipinski definition) is 2. The van der Waals surface area contributed by atoms with Gasteiger partial charge < -0.3 is 4.74 Å². The minimum Gasteiger partial charge on any atom is -0.339 e. The van der Waals surface area contributed by atoms with Crippen LogP contribution in [0.25, 0.3) is 0 Å². The molecule has 4 aliphatic rings. The molecule has 3 heteroatoms. The third-order valence-electron chi connectivity index (χ3n) is 7.00. The van der Waals surface area contributed by atoms with Crippen LogP contribution < -0.4 is 10.6 Å². The highest BCUT2D eigenvalue weighted by Crippen LogP contribution is 2.59. The quantitative estimate of drug-likeness (QED) is 0.765. The second kappa shape index (κ2) is 4.19. The van der Waals surface area contributed by atoms with Crippen molar-refractivity contribution in [2.24, 2.45) is 23.7 Å². The average molecular weight is 264 g/mol. The molecular formula is C16H28N2O. The van der Waals surface area contributed by atoms with Crippen LogP contribution in [0.3, 0.4) is 0 Å². The molecule has 0 atom stereocenters. The lowest BCUT2D eigenvalue weighted by atomic mass is 9.96. The zero-order valence-electron chi connectivity index (χ0n) is 12.4. The molecule has 0 spiro atoms. The Labute approximate surface area is 116 Å². The van der Waals surface area contributed by atoms with Crippen LogP contribution in [0.4, 0.5) is 0 Å². The van der Waals surface area contributed by atoms with Crippen LogP contribution in [0.5, 0.6) is 0 Å². The molecule has 3 nitrogen and oxygen atoms in total. The van der Waals surface area contributed by atoms with Crippen molar-refractivity contribution in [3.05, 3.63) is 0 Å². The van der Waals surface area contributed by atoms with E-state index in [0.717, 1.165) is 23.7 Å². The van der Waals surface area contributed by atoms with E-state index in [1.165, 1.54) is 51.4 Å². The number of fused-ring (bicyclic) bond motifs is 4. The topological polar surface area (TPSA) is 33.3 Å². The lowest BCUT2D eigenvalue weighted by Crippen LogP contribution is -2.62. The zero-order chi connectivity index (χ0) is 13.1. The van der Waals surface area contributed by atoms with Gasteiger partial charge in [-0.3, -0.25) is 10.6 Å². The molecule has 0 saturated heterocycles. The van der Waals surface area contributed by atoms with Crippen molar-refractivity contribution in [2.45, 2.75) is 62.8 Å². The fraction of sp³-hybridized carbons (Fsp3) is 1.00. The molecule has 0 aromatic heterocycles. The molecule has 4 rings (SSSR count). The normalized spacial score (nSPS) is 55.3. The molecule has 108 valence electrons. The van der Waals surface area contributed by atoms with E-state index in [4.69, 9.17) is 4.74 Å². The van der Waals surface area contributed by atoms with Crippen LogP contribution in [-0.2, 0) is 4.74 Å². The molecule has 2 N–H and O–H groups in total. The summed E-state index contributed by atoms with van der Waals surface area (Å²) in [5.41, 5.74) is -0.0393. The van der Waals surface area contributed by atoms with E-state index in [0.29, 0.717) is 0 Å². The van der Waals surface area contributed by atoms with Crippen LogP contribution in [-0.4, -0.2) is 25.5 Å². The molecule has 0 aromatic carbocycles. The average Bonchev–Trinajstić information content (AvgIpc) is 3.19. The van der Waals surface area contributed by atoms with Gasteiger partial charge in [-0.2, -0.15) is 0 Å². The van der Waals surface area contributed by atoms with Gasteiger partial charge in [-0.05, 0) is 65.5 Å². The third kappa shape index (κ3) is 1.44. The maximum atomic E-state index is 7.00. The largest absolute Gasteiger partial charge is 0.339 e. The first kappa shape index (κ1) is 12.6. The van der Waals surface area contributed by atoms with Gasteiger partial charge in [-0.25, -0.2) is 0 Å². The van der Waals surface area contributed by atoms with E-state index in [-0.39, 0.29) is 11.4 Å². The van der Waals surface area contributed by atoms with Crippen LogP contribution >= 0.6 is 0 Å². The number of hydrogen-bond acceptors (Lipinski definition) is 3.